The summed E-state index contributed by atoms with van der Waals surface area (Å²) in [5.41, 5.74) is 1.57. The SMILES string of the molecule is O=C(c1ccc(NS(=O)c2cccnc2)cc1)N1CCC(O)(Cc2ccccc2)CC1. The molecule has 31 heavy (non-hydrogen) atoms. The lowest BCUT2D eigenvalue weighted by atomic mass is 9.85. The lowest BCUT2D eigenvalue weighted by Gasteiger charge is -2.38. The molecule has 0 aliphatic carbocycles. The van der Waals surface area contributed by atoms with Crippen LogP contribution in [-0.4, -0.2) is 43.8 Å². The van der Waals surface area contributed by atoms with Crippen LogP contribution in [0.15, 0.2) is 84.0 Å². The van der Waals surface area contributed by atoms with E-state index in [9.17, 15) is 14.1 Å². The Morgan fingerprint density at radius 1 is 1.03 bits per heavy atom. The molecule has 7 heteroatoms. The van der Waals surface area contributed by atoms with Gasteiger partial charge in [-0.15, -0.1) is 0 Å². The van der Waals surface area contributed by atoms with Crippen molar-refractivity contribution >= 4 is 22.6 Å². The van der Waals surface area contributed by atoms with Gasteiger partial charge in [-0.05, 0) is 54.8 Å². The van der Waals surface area contributed by atoms with Gasteiger partial charge in [0.25, 0.3) is 5.91 Å². The average Bonchev–Trinajstić information content (AvgIpc) is 2.81. The second-order valence-corrected chi connectivity index (χ2v) is 9.03. The number of pyridine rings is 1. The molecule has 1 fully saturated rings. The van der Waals surface area contributed by atoms with Crippen LogP contribution in [0.4, 0.5) is 5.69 Å². The van der Waals surface area contributed by atoms with E-state index in [1.807, 2.05) is 30.3 Å². The normalized spacial score (nSPS) is 16.5. The Bertz CT molecular complexity index is 1030. The number of aromatic nitrogens is 1. The van der Waals surface area contributed by atoms with Crippen LogP contribution in [-0.2, 0) is 17.4 Å². The Morgan fingerprint density at radius 3 is 2.39 bits per heavy atom. The number of benzene rings is 2. The zero-order valence-corrected chi connectivity index (χ0v) is 17.9. The topological polar surface area (TPSA) is 82.5 Å². The van der Waals surface area contributed by atoms with Gasteiger partial charge in [-0.1, -0.05) is 30.3 Å². The van der Waals surface area contributed by atoms with Crippen LogP contribution >= 0.6 is 0 Å². The third-order valence-electron chi connectivity index (χ3n) is 5.55. The van der Waals surface area contributed by atoms with E-state index in [1.54, 1.807) is 53.7 Å². The number of likely N-dealkylation sites (tertiary alicyclic amines) is 1. The predicted octanol–water partition coefficient (Wildman–Crippen LogP) is 3.43. The van der Waals surface area contributed by atoms with Crippen LogP contribution in [0.5, 0.6) is 0 Å². The number of aliphatic hydroxyl groups is 1. The zero-order valence-electron chi connectivity index (χ0n) is 17.1. The summed E-state index contributed by atoms with van der Waals surface area (Å²) in [5, 5.41) is 10.9. The van der Waals surface area contributed by atoms with E-state index in [0.29, 0.717) is 48.5 Å². The van der Waals surface area contributed by atoms with Gasteiger partial charge in [-0.3, -0.25) is 9.78 Å². The highest BCUT2D eigenvalue weighted by atomic mass is 32.2. The summed E-state index contributed by atoms with van der Waals surface area (Å²) < 4.78 is 15.2. The first-order valence-electron chi connectivity index (χ1n) is 10.3. The molecule has 0 radical (unpaired) electrons. The Balaban J connectivity index is 1.33. The summed E-state index contributed by atoms with van der Waals surface area (Å²) in [4.78, 5) is 19.2. The third-order valence-corrected chi connectivity index (χ3v) is 6.64. The quantitative estimate of drug-likeness (QED) is 0.622. The van der Waals surface area contributed by atoms with Gasteiger partial charge in [0.15, 0.2) is 11.0 Å². The van der Waals surface area contributed by atoms with E-state index in [0.717, 1.165) is 5.56 Å². The maximum Gasteiger partial charge on any atom is 0.253 e. The predicted molar refractivity (Wildman–Crippen MR) is 121 cm³/mol. The summed E-state index contributed by atoms with van der Waals surface area (Å²) in [6.45, 7) is 1.04. The largest absolute Gasteiger partial charge is 0.389 e. The number of rotatable bonds is 6. The van der Waals surface area contributed by atoms with Gasteiger partial charge in [0, 0.05) is 43.2 Å². The Kier molecular flexibility index (Phi) is 6.44. The Morgan fingerprint density at radius 2 is 1.74 bits per heavy atom. The molecule has 1 aliphatic rings. The smallest absolute Gasteiger partial charge is 0.253 e. The zero-order chi connectivity index (χ0) is 21.7. The second-order valence-electron chi connectivity index (χ2n) is 7.82. The highest BCUT2D eigenvalue weighted by Gasteiger charge is 2.34. The minimum atomic E-state index is -1.42. The van der Waals surface area contributed by atoms with Crippen LogP contribution < -0.4 is 4.72 Å². The van der Waals surface area contributed by atoms with E-state index in [1.165, 1.54) is 0 Å². The van der Waals surface area contributed by atoms with Gasteiger partial charge in [-0.25, -0.2) is 4.21 Å². The molecule has 1 unspecified atom stereocenters. The van der Waals surface area contributed by atoms with Gasteiger partial charge in [0.05, 0.1) is 10.5 Å². The molecule has 4 rings (SSSR count). The standard InChI is InChI=1S/C24H25N3O3S/c28-23(27-15-12-24(29,13-16-27)17-19-5-2-1-3-6-19)20-8-10-21(11-9-20)26-31(30)22-7-4-14-25-18-22/h1-11,14,18,26,29H,12-13,15-17H2. The van der Waals surface area contributed by atoms with Crippen LogP contribution in [0.25, 0.3) is 0 Å². The van der Waals surface area contributed by atoms with Crippen LogP contribution in [0.1, 0.15) is 28.8 Å². The van der Waals surface area contributed by atoms with Crippen molar-refractivity contribution in [3.8, 4) is 0 Å². The van der Waals surface area contributed by atoms with Gasteiger partial charge < -0.3 is 14.7 Å². The number of piperidine rings is 1. The van der Waals surface area contributed by atoms with Crippen molar-refractivity contribution in [3.63, 3.8) is 0 Å². The molecule has 160 valence electrons. The van der Waals surface area contributed by atoms with Gasteiger partial charge in [0.2, 0.25) is 0 Å². The number of carbonyl (C=O) groups is 1. The number of nitrogens with one attached hydrogen (secondary N) is 1. The average molecular weight is 436 g/mol. The molecule has 2 aromatic carbocycles. The monoisotopic (exact) mass is 435 g/mol. The number of hydrogen-bond donors (Lipinski definition) is 2. The first kappa shape index (κ1) is 21.2. The lowest BCUT2D eigenvalue weighted by molar-refractivity contribution is -0.0162. The molecule has 1 amide bonds. The van der Waals surface area contributed by atoms with Crippen molar-refractivity contribution in [2.75, 3.05) is 17.8 Å². The molecule has 0 bridgehead atoms. The summed E-state index contributed by atoms with van der Waals surface area (Å²) >= 11 is 0. The van der Waals surface area contributed by atoms with E-state index in [-0.39, 0.29) is 5.91 Å². The highest BCUT2D eigenvalue weighted by Crippen LogP contribution is 2.27. The molecule has 1 aliphatic heterocycles. The first-order chi connectivity index (χ1) is 15.0. The number of carbonyl (C=O) groups excluding carboxylic acids is 1. The van der Waals surface area contributed by atoms with Crippen molar-refractivity contribution in [1.29, 1.82) is 0 Å². The lowest BCUT2D eigenvalue weighted by Crippen LogP contribution is -2.47. The maximum atomic E-state index is 12.9. The van der Waals surface area contributed by atoms with Crippen LogP contribution in [0, 0.1) is 0 Å². The van der Waals surface area contributed by atoms with Gasteiger partial charge >= 0.3 is 0 Å². The molecule has 3 aromatic rings. The maximum absolute atomic E-state index is 12.9. The van der Waals surface area contributed by atoms with Crippen LogP contribution in [0.2, 0.25) is 0 Å². The minimum Gasteiger partial charge on any atom is -0.389 e. The molecule has 1 aromatic heterocycles. The molecule has 2 N–H and O–H groups in total. The second kappa shape index (κ2) is 9.41. The number of nitrogens with zero attached hydrogens (tertiary/aromatic N) is 2. The summed E-state index contributed by atoms with van der Waals surface area (Å²) in [6.07, 6.45) is 4.89. The van der Waals surface area contributed by atoms with Gasteiger partial charge in [0.1, 0.15) is 0 Å². The molecular weight excluding hydrogens is 410 g/mol. The van der Waals surface area contributed by atoms with Crippen molar-refractivity contribution < 1.29 is 14.1 Å². The molecule has 6 nitrogen and oxygen atoms in total. The molecular formula is C24H25N3O3S. The third kappa shape index (κ3) is 5.37. The molecule has 1 saturated heterocycles. The number of amides is 1. The Labute approximate surface area is 184 Å². The number of hydrogen-bond acceptors (Lipinski definition) is 4. The van der Waals surface area contributed by atoms with E-state index >= 15 is 0 Å². The molecule has 0 saturated carbocycles. The van der Waals surface area contributed by atoms with Gasteiger partial charge in [-0.2, -0.15) is 0 Å². The fourth-order valence-electron chi connectivity index (χ4n) is 3.76. The minimum absolute atomic E-state index is 0.0540. The Hall–Kier alpha value is -3.03. The van der Waals surface area contributed by atoms with Crippen molar-refractivity contribution in [2.24, 2.45) is 0 Å². The molecule has 2 heterocycles. The van der Waals surface area contributed by atoms with Crippen molar-refractivity contribution in [2.45, 2.75) is 29.8 Å². The van der Waals surface area contributed by atoms with Crippen molar-refractivity contribution in [1.82, 2.24) is 9.88 Å². The fourth-order valence-corrected chi connectivity index (χ4v) is 4.59. The first-order valence-corrected chi connectivity index (χ1v) is 11.4. The fraction of sp³-hybridized carbons (Fsp3) is 0.250. The summed E-state index contributed by atoms with van der Waals surface area (Å²) in [5.74, 6) is -0.0540. The van der Waals surface area contributed by atoms with E-state index < -0.39 is 16.6 Å². The van der Waals surface area contributed by atoms with E-state index in [2.05, 4.69) is 9.71 Å². The molecule has 0 spiro atoms. The summed E-state index contributed by atoms with van der Waals surface area (Å²) in [7, 11) is -1.42. The van der Waals surface area contributed by atoms with E-state index in [4.69, 9.17) is 0 Å². The highest BCUT2D eigenvalue weighted by molar-refractivity contribution is 7.86. The molecule has 1 atom stereocenters. The summed E-state index contributed by atoms with van der Waals surface area (Å²) in [6, 6.07) is 20.4. The number of anilines is 1. The van der Waals surface area contributed by atoms with Crippen molar-refractivity contribution in [3.05, 3.63) is 90.3 Å². The van der Waals surface area contributed by atoms with Crippen LogP contribution in [0.3, 0.4) is 0 Å².